The highest BCUT2D eigenvalue weighted by molar-refractivity contribution is 6.07. The highest BCUT2D eigenvalue weighted by Crippen LogP contribution is 2.37. The monoisotopic (exact) mass is 511 g/mol. The molecule has 38 heavy (non-hydrogen) atoms. The van der Waals surface area contributed by atoms with Gasteiger partial charge in [0.25, 0.3) is 0 Å². The Morgan fingerprint density at radius 2 is 1.82 bits per heavy atom. The summed E-state index contributed by atoms with van der Waals surface area (Å²) in [6.45, 7) is 12.8. The average Bonchev–Trinajstić information content (AvgIpc) is 2.91. The lowest BCUT2D eigenvalue weighted by molar-refractivity contribution is 0.0336. The molecule has 3 aromatic rings. The smallest absolute Gasteiger partial charge is 0.323 e. The van der Waals surface area contributed by atoms with E-state index in [2.05, 4.69) is 72.8 Å². The molecule has 2 aromatic carbocycles. The third kappa shape index (κ3) is 5.30. The van der Waals surface area contributed by atoms with Gasteiger partial charge in [-0.15, -0.1) is 0 Å². The summed E-state index contributed by atoms with van der Waals surface area (Å²) in [6.07, 6.45) is 7.73. The zero-order valence-electron chi connectivity index (χ0n) is 22.7. The number of ether oxygens (including phenoxy) is 1. The van der Waals surface area contributed by atoms with Crippen LogP contribution in [0, 0.1) is 5.41 Å². The number of carbonyl (C=O) groups is 1. The van der Waals surface area contributed by atoms with Gasteiger partial charge in [0.1, 0.15) is 0 Å². The van der Waals surface area contributed by atoms with Crippen molar-refractivity contribution in [3.8, 4) is 11.1 Å². The minimum absolute atomic E-state index is 0.114. The van der Waals surface area contributed by atoms with Crippen LogP contribution in [0.5, 0.6) is 0 Å². The molecule has 2 aliphatic heterocycles. The number of morpholine rings is 1. The van der Waals surface area contributed by atoms with E-state index in [1.165, 1.54) is 0 Å². The second-order valence-corrected chi connectivity index (χ2v) is 11.2. The van der Waals surface area contributed by atoms with E-state index in [1.54, 1.807) is 0 Å². The predicted molar refractivity (Wildman–Crippen MR) is 154 cm³/mol. The quantitative estimate of drug-likeness (QED) is 0.412. The summed E-state index contributed by atoms with van der Waals surface area (Å²) in [5.74, 6) is 0. The van der Waals surface area contributed by atoms with Crippen LogP contribution in [0.2, 0.25) is 0 Å². The molecule has 1 unspecified atom stereocenters. The molecule has 7 nitrogen and oxygen atoms in total. The van der Waals surface area contributed by atoms with Gasteiger partial charge in [0.15, 0.2) is 0 Å². The van der Waals surface area contributed by atoms with E-state index in [0.29, 0.717) is 0 Å². The number of hydrogen-bond donors (Lipinski definition) is 3. The van der Waals surface area contributed by atoms with Crippen molar-refractivity contribution in [3.63, 3.8) is 0 Å². The molecule has 1 saturated heterocycles. The Kier molecular flexibility index (Phi) is 7.23. The fourth-order valence-electron chi connectivity index (χ4n) is 4.99. The second kappa shape index (κ2) is 10.6. The first-order chi connectivity index (χ1) is 18.2. The Morgan fingerprint density at radius 3 is 2.53 bits per heavy atom. The molecule has 2 aliphatic rings. The number of amides is 2. The number of nitrogens with one attached hydrogen (secondary N) is 3. The van der Waals surface area contributed by atoms with E-state index in [-0.39, 0.29) is 11.4 Å². The first kappa shape index (κ1) is 25.9. The molecule has 0 radical (unpaired) electrons. The van der Waals surface area contributed by atoms with Crippen LogP contribution in [0.4, 0.5) is 10.5 Å². The lowest BCUT2D eigenvalue weighted by Crippen LogP contribution is -2.57. The number of pyridine rings is 1. The van der Waals surface area contributed by atoms with Gasteiger partial charge in [-0.25, -0.2) is 4.79 Å². The van der Waals surface area contributed by atoms with Crippen LogP contribution >= 0.6 is 0 Å². The maximum atomic E-state index is 13.2. The number of urea groups is 1. The largest absolute Gasteiger partial charge is 0.380 e. The van der Waals surface area contributed by atoms with E-state index in [0.717, 1.165) is 71.8 Å². The zero-order chi connectivity index (χ0) is 26.8. The summed E-state index contributed by atoms with van der Waals surface area (Å²) in [7, 11) is 0. The summed E-state index contributed by atoms with van der Waals surface area (Å²) in [4.78, 5) is 20.3. The number of benzene rings is 2. The maximum Gasteiger partial charge on any atom is 0.323 e. The lowest BCUT2D eigenvalue weighted by Gasteiger charge is -2.45. The summed E-state index contributed by atoms with van der Waals surface area (Å²) >= 11 is 0. The minimum atomic E-state index is -0.411. The predicted octanol–water partition coefficient (Wildman–Crippen LogP) is 5.66. The van der Waals surface area contributed by atoms with Gasteiger partial charge < -0.3 is 20.7 Å². The Morgan fingerprint density at radius 1 is 1.05 bits per heavy atom. The van der Waals surface area contributed by atoms with E-state index >= 15 is 0 Å². The molecule has 1 aromatic heterocycles. The normalized spacial score (nSPS) is 20.1. The van der Waals surface area contributed by atoms with E-state index in [1.807, 2.05) is 48.8 Å². The second-order valence-electron chi connectivity index (χ2n) is 11.2. The fraction of sp³-hybridized carbons (Fsp3) is 0.355. The first-order valence-corrected chi connectivity index (χ1v) is 13.2. The fourth-order valence-corrected chi connectivity index (χ4v) is 4.99. The molecule has 2 amide bonds. The van der Waals surface area contributed by atoms with Crippen molar-refractivity contribution >= 4 is 22.5 Å². The number of fused-ring (bicyclic) bond motifs is 1. The highest BCUT2D eigenvalue weighted by atomic mass is 16.5. The minimum Gasteiger partial charge on any atom is -0.380 e. The van der Waals surface area contributed by atoms with E-state index < -0.39 is 5.54 Å². The third-order valence-corrected chi connectivity index (χ3v) is 7.82. The molecule has 0 aliphatic carbocycles. The van der Waals surface area contributed by atoms with Crippen LogP contribution in [0.25, 0.3) is 21.9 Å². The maximum absolute atomic E-state index is 13.2. The highest BCUT2D eigenvalue weighted by Gasteiger charge is 2.41. The van der Waals surface area contributed by atoms with Crippen molar-refractivity contribution in [2.24, 2.45) is 5.41 Å². The molecule has 0 bridgehead atoms. The van der Waals surface area contributed by atoms with Gasteiger partial charge in [0.05, 0.1) is 30.1 Å². The standard InChI is InChI=1S/C31H37N5O2/c1-30(2,3)31(4)28(10-7-15-33-31)35-29(37)34-27-14-13-24(25-8-5-6-9-26(25)27)22-11-12-23(32-20-22)21-36-16-18-38-19-17-36/h5-15,20,33H,16-19,21H2,1-4H3,(H2,34,35,37). The van der Waals surface area contributed by atoms with E-state index in [9.17, 15) is 4.79 Å². The number of dihydropyridines is 1. The van der Waals surface area contributed by atoms with Crippen LogP contribution in [-0.4, -0.2) is 47.8 Å². The third-order valence-electron chi connectivity index (χ3n) is 7.82. The molecule has 198 valence electrons. The number of anilines is 1. The summed E-state index contributed by atoms with van der Waals surface area (Å²) in [6, 6.07) is 16.1. The van der Waals surface area contributed by atoms with Gasteiger partial charge in [-0.1, -0.05) is 57.2 Å². The summed E-state index contributed by atoms with van der Waals surface area (Å²) in [5.41, 5.74) is 4.25. The molecule has 1 atom stereocenters. The van der Waals surface area contributed by atoms with Crippen LogP contribution < -0.4 is 16.0 Å². The van der Waals surface area contributed by atoms with Crippen LogP contribution in [-0.2, 0) is 11.3 Å². The van der Waals surface area contributed by atoms with Gasteiger partial charge in [0.2, 0.25) is 0 Å². The van der Waals surface area contributed by atoms with Gasteiger partial charge in [-0.05, 0) is 53.8 Å². The van der Waals surface area contributed by atoms with Crippen molar-refractivity contribution in [3.05, 3.63) is 84.5 Å². The molecule has 3 N–H and O–H groups in total. The van der Waals surface area contributed by atoms with Crippen molar-refractivity contribution < 1.29 is 9.53 Å². The molecule has 5 rings (SSSR count). The van der Waals surface area contributed by atoms with Crippen LogP contribution in [0.3, 0.4) is 0 Å². The molecular weight excluding hydrogens is 474 g/mol. The van der Waals surface area contributed by atoms with Crippen molar-refractivity contribution in [2.75, 3.05) is 31.6 Å². The number of carbonyl (C=O) groups excluding carboxylic acids is 1. The molecule has 0 spiro atoms. The number of aromatic nitrogens is 1. The zero-order valence-corrected chi connectivity index (χ0v) is 22.7. The van der Waals surface area contributed by atoms with Gasteiger partial charge in [-0.3, -0.25) is 9.88 Å². The first-order valence-electron chi connectivity index (χ1n) is 13.2. The summed E-state index contributed by atoms with van der Waals surface area (Å²) in [5, 5.41) is 11.6. The number of rotatable bonds is 5. The topological polar surface area (TPSA) is 78.5 Å². The Balaban J connectivity index is 1.35. The van der Waals surface area contributed by atoms with Crippen LogP contribution in [0.15, 0.2) is 78.8 Å². The Labute approximate surface area is 225 Å². The molecule has 0 saturated carbocycles. The lowest BCUT2D eigenvalue weighted by atomic mass is 9.72. The van der Waals surface area contributed by atoms with Gasteiger partial charge in [-0.2, -0.15) is 0 Å². The Hall–Kier alpha value is -3.68. The average molecular weight is 512 g/mol. The number of allylic oxidation sites excluding steroid dienone is 2. The molecule has 1 fully saturated rings. The number of nitrogens with zero attached hydrogens (tertiary/aromatic N) is 2. The molecule has 3 heterocycles. The van der Waals surface area contributed by atoms with Gasteiger partial charge in [0, 0.05) is 42.5 Å². The molecular formula is C31H37N5O2. The van der Waals surface area contributed by atoms with Gasteiger partial charge >= 0.3 is 6.03 Å². The van der Waals surface area contributed by atoms with Crippen LogP contribution in [0.1, 0.15) is 33.4 Å². The SMILES string of the molecule is CC(C)(C)C1(C)NC=CC=C1NC(=O)Nc1ccc(-c2ccc(CN3CCOCC3)nc2)c2ccccc12. The molecule has 7 heteroatoms. The Bertz CT molecular complexity index is 1370. The van der Waals surface area contributed by atoms with Crippen molar-refractivity contribution in [1.29, 1.82) is 0 Å². The van der Waals surface area contributed by atoms with Crippen molar-refractivity contribution in [2.45, 2.75) is 39.8 Å². The summed E-state index contributed by atoms with van der Waals surface area (Å²) < 4.78 is 5.45. The number of hydrogen-bond acceptors (Lipinski definition) is 5. The van der Waals surface area contributed by atoms with Crippen molar-refractivity contribution in [1.82, 2.24) is 20.5 Å². The van der Waals surface area contributed by atoms with E-state index in [4.69, 9.17) is 9.72 Å².